The van der Waals surface area contributed by atoms with Crippen LogP contribution in [0.15, 0.2) is 47.5 Å². The molecular weight excluding hydrogens is 340 g/mol. The molecule has 0 spiro atoms. The van der Waals surface area contributed by atoms with Crippen LogP contribution in [-0.4, -0.2) is 25.7 Å². The van der Waals surface area contributed by atoms with Gasteiger partial charge in [-0.05, 0) is 25.1 Å². The van der Waals surface area contributed by atoms with Gasteiger partial charge in [0.25, 0.3) is 5.56 Å². The van der Waals surface area contributed by atoms with Gasteiger partial charge in [-0.25, -0.2) is 4.98 Å². The Hall–Kier alpha value is -2.86. The van der Waals surface area contributed by atoms with E-state index >= 15 is 0 Å². The topological polar surface area (TPSA) is 61.9 Å². The van der Waals surface area contributed by atoms with Crippen molar-refractivity contribution in [2.75, 3.05) is 6.61 Å². The number of benzene rings is 1. The van der Waals surface area contributed by atoms with Crippen LogP contribution in [0.25, 0.3) is 27.8 Å². The van der Waals surface area contributed by atoms with Crippen molar-refractivity contribution in [1.82, 2.24) is 19.1 Å². The standard InChI is InChI=1S/C18H15ClN4O2/c1-3-25-14-9-8-11-16-15(20-10-22(16)2)18(24)23(17(11)21-14)13-7-5-4-6-12(13)19/h4-10H,3H2,1-2H3. The molecule has 1 aromatic carbocycles. The summed E-state index contributed by atoms with van der Waals surface area (Å²) in [6.45, 7) is 2.38. The van der Waals surface area contributed by atoms with Crippen molar-refractivity contribution >= 4 is 33.7 Å². The SMILES string of the molecule is CCOc1ccc2c3c(ncn3C)c(=O)n(-c3ccccc3Cl)c2n1. The third kappa shape index (κ3) is 2.37. The van der Waals surface area contributed by atoms with Crippen molar-refractivity contribution in [3.63, 3.8) is 0 Å². The largest absolute Gasteiger partial charge is 0.478 e. The highest BCUT2D eigenvalue weighted by Gasteiger charge is 2.18. The molecule has 0 amide bonds. The fourth-order valence-electron chi connectivity index (χ4n) is 2.98. The number of pyridine rings is 2. The number of nitrogens with zero attached hydrogens (tertiary/aromatic N) is 4. The van der Waals surface area contributed by atoms with Crippen LogP contribution in [0.2, 0.25) is 5.02 Å². The van der Waals surface area contributed by atoms with Crippen molar-refractivity contribution < 1.29 is 4.74 Å². The quantitative estimate of drug-likeness (QED) is 0.566. The minimum Gasteiger partial charge on any atom is -0.478 e. The van der Waals surface area contributed by atoms with Gasteiger partial charge in [-0.2, -0.15) is 4.98 Å². The van der Waals surface area contributed by atoms with Gasteiger partial charge in [0.15, 0.2) is 11.2 Å². The second kappa shape index (κ2) is 5.89. The van der Waals surface area contributed by atoms with E-state index in [-0.39, 0.29) is 5.56 Å². The van der Waals surface area contributed by atoms with E-state index in [2.05, 4.69) is 9.97 Å². The Labute approximate surface area is 148 Å². The van der Waals surface area contributed by atoms with E-state index in [4.69, 9.17) is 16.3 Å². The molecule has 0 unspecified atom stereocenters. The maximum atomic E-state index is 13.1. The van der Waals surface area contributed by atoms with Gasteiger partial charge in [-0.1, -0.05) is 23.7 Å². The third-order valence-corrected chi connectivity index (χ3v) is 4.36. The van der Waals surface area contributed by atoms with Gasteiger partial charge in [0.2, 0.25) is 5.88 Å². The summed E-state index contributed by atoms with van der Waals surface area (Å²) in [4.78, 5) is 22.0. The third-order valence-electron chi connectivity index (χ3n) is 4.04. The Balaban J connectivity index is 2.22. The molecule has 0 bridgehead atoms. The van der Waals surface area contributed by atoms with Crippen LogP contribution in [0.1, 0.15) is 6.92 Å². The molecule has 0 aliphatic heterocycles. The number of fused-ring (bicyclic) bond motifs is 3. The minimum absolute atomic E-state index is 0.266. The summed E-state index contributed by atoms with van der Waals surface area (Å²) in [6, 6.07) is 10.9. The molecule has 3 aromatic heterocycles. The van der Waals surface area contributed by atoms with Crippen LogP contribution in [0.5, 0.6) is 5.88 Å². The van der Waals surface area contributed by atoms with E-state index in [1.165, 1.54) is 4.57 Å². The molecule has 126 valence electrons. The number of aryl methyl sites for hydroxylation is 1. The Bertz CT molecular complexity index is 1160. The summed E-state index contributed by atoms with van der Waals surface area (Å²) in [5.74, 6) is 0.455. The van der Waals surface area contributed by atoms with Crippen LogP contribution in [0, 0.1) is 0 Å². The molecule has 4 aromatic rings. The maximum absolute atomic E-state index is 13.1. The number of halogens is 1. The first-order valence-corrected chi connectivity index (χ1v) is 8.24. The van der Waals surface area contributed by atoms with Gasteiger partial charge in [0, 0.05) is 18.5 Å². The number of hydrogen-bond donors (Lipinski definition) is 0. The number of rotatable bonds is 3. The Kier molecular flexibility index (Phi) is 3.69. The summed E-state index contributed by atoms with van der Waals surface area (Å²) in [5.41, 5.74) is 1.89. The highest BCUT2D eigenvalue weighted by Crippen LogP contribution is 2.27. The lowest BCUT2D eigenvalue weighted by Gasteiger charge is -2.13. The number of ether oxygens (including phenoxy) is 1. The van der Waals surface area contributed by atoms with E-state index in [0.717, 1.165) is 10.9 Å². The van der Waals surface area contributed by atoms with Crippen LogP contribution < -0.4 is 10.3 Å². The Morgan fingerprint density at radius 3 is 2.76 bits per heavy atom. The molecule has 0 fully saturated rings. The fraction of sp³-hybridized carbons (Fsp3) is 0.167. The van der Waals surface area contributed by atoms with Gasteiger partial charge in [-0.15, -0.1) is 0 Å². The molecule has 25 heavy (non-hydrogen) atoms. The molecule has 6 nitrogen and oxygen atoms in total. The van der Waals surface area contributed by atoms with E-state index in [1.807, 2.05) is 36.7 Å². The first-order valence-electron chi connectivity index (χ1n) is 7.86. The fourth-order valence-corrected chi connectivity index (χ4v) is 3.20. The van der Waals surface area contributed by atoms with Crippen LogP contribution in [0.4, 0.5) is 0 Å². The van der Waals surface area contributed by atoms with Crippen molar-refractivity contribution in [2.45, 2.75) is 6.92 Å². The summed E-state index contributed by atoms with van der Waals surface area (Å²) < 4.78 is 8.83. The number of para-hydroxylation sites is 1. The zero-order valence-corrected chi connectivity index (χ0v) is 14.5. The van der Waals surface area contributed by atoms with Gasteiger partial charge in [0.1, 0.15) is 0 Å². The minimum atomic E-state index is -0.266. The lowest BCUT2D eigenvalue weighted by Crippen LogP contribution is -2.21. The van der Waals surface area contributed by atoms with Crippen molar-refractivity contribution in [3.05, 3.63) is 58.1 Å². The lowest BCUT2D eigenvalue weighted by atomic mass is 10.2. The lowest BCUT2D eigenvalue weighted by molar-refractivity contribution is 0.328. The Morgan fingerprint density at radius 2 is 2.00 bits per heavy atom. The van der Waals surface area contributed by atoms with Crippen LogP contribution >= 0.6 is 11.6 Å². The first kappa shape index (κ1) is 15.7. The van der Waals surface area contributed by atoms with Crippen molar-refractivity contribution in [1.29, 1.82) is 0 Å². The summed E-state index contributed by atoms with van der Waals surface area (Å²) >= 11 is 6.34. The van der Waals surface area contributed by atoms with Gasteiger partial charge in [-0.3, -0.25) is 9.36 Å². The Morgan fingerprint density at radius 1 is 1.20 bits per heavy atom. The predicted octanol–water partition coefficient (Wildman–Crippen LogP) is 3.32. The average Bonchev–Trinajstić information content (AvgIpc) is 2.99. The van der Waals surface area contributed by atoms with E-state index in [0.29, 0.717) is 34.4 Å². The van der Waals surface area contributed by atoms with Gasteiger partial charge in [0.05, 0.1) is 29.2 Å². The monoisotopic (exact) mass is 354 g/mol. The smallest absolute Gasteiger partial charge is 0.284 e. The molecule has 0 radical (unpaired) electrons. The molecule has 0 aliphatic carbocycles. The van der Waals surface area contributed by atoms with Crippen LogP contribution in [0.3, 0.4) is 0 Å². The molecule has 3 heterocycles. The molecule has 0 saturated heterocycles. The molecule has 7 heteroatoms. The highest BCUT2D eigenvalue weighted by molar-refractivity contribution is 6.32. The van der Waals surface area contributed by atoms with Crippen molar-refractivity contribution in [3.8, 4) is 11.6 Å². The normalized spacial score (nSPS) is 11.3. The van der Waals surface area contributed by atoms with Crippen molar-refractivity contribution in [2.24, 2.45) is 7.05 Å². The van der Waals surface area contributed by atoms with Crippen LogP contribution in [-0.2, 0) is 7.05 Å². The number of aromatic nitrogens is 4. The maximum Gasteiger partial charge on any atom is 0.284 e. The van der Waals surface area contributed by atoms with E-state index < -0.39 is 0 Å². The summed E-state index contributed by atoms with van der Waals surface area (Å²) in [6.07, 6.45) is 1.62. The number of imidazole rings is 1. The summed E-state index contributed by atoms with van der Waals surface area (Å²) in [7, 11) is 1.85. The second-order valence-electron chi connectivity index (χ2n) is 5.60. The van der Waals surface area contributed by atoms with E-state index in [1.54, 1.807) is 24.5 Å². The molecule has 0 atom stereocenters. The second-order valence-corrected chi connectivity index (χ2v) is 6.01. The molecule has 4 rings (SSSR count). The molecule has 0 saturated carbocycles. The average molecular weight is 355 g/mol. The zero-order chi connectivity index (χ0) is 17.6. The molecule has 0 aliphatic rings. The number of hydrogen-bond acceptors (Lipinski definition) is 4. The summed E-state index contributed by atoms with van der Waals surface area (Å²) in [5, 5.41) is 1.27. The van der Waals surface area contributed by atoms with E-state index in [9.17, 15) is 4.79 Å². The predicted molar refractivity (Wildman–Crippen MR) is 97.8 cm³/mol. The first-order chi connectivity index (χ1) is 12.1. The molecular formula is C18H15ClN4O2. The zero-order valence-electron chi connectivity index (χ0n) is 13.7. The van der Waals surface area contributed by atoms with Gasteiger partial charge >= 0.3 is 0 Å². The van der Waals surface area contributed by atoms with Gasteiger partial charge < -0.3 is 9.30 Å². The molecule has 0 N–H and O–H groups in total. The highest BCUT2D eigenvalue weighted by atomic mass is 35.5.